The quantitative estimate of drug-likeness (QED) is 0.255. The van der Waals surface area contributed by atoms with Gasteiger partial charge in [0.1, 0.15) is 5.57 Å². The molecule has 166 valence electrons. The number of nitrogens with zero attached hydrogens (tertiary/aromatic N) is 1. The third-order valence-electron chi connectivity index (χ3n) is 4.50. The highest BCUT2D eigenvalue weighted by Crippen LogP contribution is 2.35. The van der Waals surface area contributed by atoms with Gasteiger partial charge in [-0.15, -0.1) is 0 Å². The summed E-state index contributed by atoms with van der Waals surface area (Å²) in [4.78, 5) is 50.3. The predicted molar refractivity (Wildman–Crippen MR) is 124 cm³/mol. The van der Waals surface area contributed by atoms with E-state index in [0.717, 1.165) is 8.47 Å². The molecule has 32 heavy (non-hydrogen) atoms. The molecule has 0 radical (unpaired) electrons. The van der Waals surface area contributed by atoms with E-state index in [-0.39, 0.29) is 16.8 Å². The number of rotatable bonds is 6. The summed E-state index contributed by atoms with van der Waals surface area (Å²) in [6.07, 6.45) is 1.38. The molecule has 1 heterocycles. The number of hydrogen-bond donors (Lipinski definition) is 1. The predicted octanol–water partition coefficient (Wildman–Crippen LogP) is 3.15. The van der Waals surface area contributed by atoms with E-state index in [2.05, 4.69) is 32.6 Å². The van der Waals surface area contributed by atoms with Gasteiger partial charge in [0.2, 0.25) is 0 Å². The van der Waals surface area contributed by atoms with Crippen LogP contribution in [-0.2, 0) is 14.3 Å². The fourth-order valence-corrected chi connectivity index (χ4v) is 3.81. The lowest BCUT2D eigenvalue weighted by molar-refractivity contribution is -0.122. The molecule has 0 unspecified atom stereocenters. The van der Waals surface area contributed by atoms with Gasteiger partial charge in [0.05, 0.1) is 35.6 Å². The van der Waals surface area contributed by atoms with Gasteiger partial charge in [-0.1, -0.05) is 0 Å². The minimum Gasteiger partial charge on any atom is -0.493 e. The van der Waals surface area contributed by atoms with Crippen LogP contribution in [0.5, 0.6) is 11.5 Å². The van der Waals surface area contributed by atoms with Crippen molar-refractivity contribution in [3.63, 3.8) is 0 Å². The van der Waals surface area contributed by atoms with Gasteiger partial charge in [0.25, 0.3) is 11.8 Å². The Morgan fingerprint density at radius 3 is 2.41 bits per heavy atom. The van der Waals surface area contributed by atoms with Crippen LogP contribution in [0.25, 0.3) is 6.08 Å². The molecule has 1 aliphatic heterocycles. The van der Waals surface area contributed by atoms with Crippen molar-refractivity contribution in [1.29, 1.82) is 0 Å². The largest absolute Gasteiger partial charge is 0.493 e. The van der Waals surface area contributed by atoms with Crippen LogP contribution in [0, 0.1) is 3.57 Å². The number of halogens is 1. The summed E-state index contributed by atoms with van der Waals surface area (Å²) in [6.45, 7) is 2.29. The summed E-state index contributed by atoms with van der Waals surface area (Å²) < 4.78 is 16.3. The number of anilines is 1. The molecule has 3 rings (SSSR count). The highest BCUT2D eigenvalue weighted by Gasteiger charge is 2.37. The highest BCUT2D eigenvalue weighted by molar-refractivity contribution is 14.1. The van der Waals surface area contributed by atoms with Crippen LogP contribution in [0.1, 0.15) is 22.8 Å². The number of carbonyl (C=O) groups is 4. The standard InChI is InChI=1S/C22H19IN2O7/c1-4-32-18-16(23)10-12(11-17(18)30-2)9-15-19(26)24-22(29)25(20(15)27)14-7-5-13(6-8-14)21(28)31-3/h5-11H,4H2,1-3H3,(H,24,26,29)/b15-9+. The van der Waals surface area contributed by atoms with Crippen molar-refractivity contribution in [2.75, 3.05) is 25.7 Å². The van der Waals surface area contributed by atoms with Gasteiger partial charge in [0, 0.05) is 0 Å². The van der Waals surface area contributed by atoms with Gasteiger partial charge in [-0.2, -0.15) is 0 Å². The van der Waals surface area contributed by atoms with E-state index in [1.807, 2.05) is 6.92 Å². The number of benzene rings is 2. The first kappa shape index (κ1) is 23.3. The molecule has 0 atom stereocenters. The van der Waals surface area contributed by atoms with Crippen molar-refractivity contribution in [2.45, 2.75) is 6.92 Å². The Kier molecular flexibility index (Phi) is 7.13. The number of barbiturate groups is 1. The minimum atomic E-state index is -0.887. The molecule has 0 aliphatic carbocycles. The number of methoxy groups -OCH3 is 2. The summed E-state index contributed by atoms with van der Waals surface area (Å²) in [6, 6.07) is 8.14. The van der Waals surface area contributed by atoms with Crippen LogP contribution in [-0.4, -0.2) is 44.6 Å². The molecule has 0 saturated carbocycles. The van der Waals surface area contributed by atoms with Gasteiger partial charge >= 0.3 is 12.0 Å². The van der Waals surface area contributed by atoms with E-state index in [1.165, 1.54) is 44.6 Å². The van der Waals surface area contributed by atoms with E-state index in [9.17, 15) is 19.2 Å². The molecule has 1 fully saturated rings. The third-order valence-corrected chi connectivity index (χ3v) is 5.30. The van der Waals surface area contributed by atoms with Gasteiger partial charge in [0.15, 0.2) is 11.5 Å². The van der Waals surface area contributed by atoms with Crippen LogP contribution in [0.4, 0.5) is 10.5 Å². The average molecular weight is 550 g/mol. The molecular weight excluding hydrogens is 531 g/mol. The maximum Gasteiger partial charge on any atom is 0.337 e. The first-order valence-corrected chi connectivity index (χ1v) is 10.5. The fraction of sp³-hybridized carbons (Fsp3) is 0.182. The number of imide groups is 2. The lowest BCUT2D eigenvalue weighted by atomic mass is 10.1. The molecule has 1 N–H and O–H groups in total. The van der Waals surface area contributed by atoms with Crippen molar-refractivity contribution < 1.29 is 33.4 Å². The van der Waals surface area contributed by atoms with Gasteiger partial charge in [-0.25, -0.2) is 14.5 Å². The number of nitrogens with one attached hydrogen (secondary N) is 1. The van der Waals surface area contributed by atoms with E-state index >= 15 is 0 Å². The number of ether oxygens (including phenoxy) is 3. The molecule has 0 aromatic heterocycles. The molecule has 4 amide bonds. The monoisotopic (exact) mass is 550 g/mol. The van der Waals surface area contributed by atoms with Crippen molar-refractivity contribution in [1.82, 2.24) is 5.32 Å². The topological polar surface area (TPSA) is 111 Å². The summed E-state index contributed by atoms with van der Waals surface area (Å²) in [5, 5.41) is 2.16. The van der Waals surface area contributed by atoms with Crippen molar-refractivity contribution in [3.8, 4) is 11.5 Å². The number of hydrogen-bond acceptors (Lipinski definition) is 7. The molecule has 9 nitrogen and oxygen atoms in total. The van der Waals surface area contributed by atoms with Gasteiger partial charge in [-0.3, -0.25) is 14.9 Å². The first-order valence-electron chi connectivity index (χ1n) is 9.40. The highest BCUT2D eigenvalue weighted by atomic mass is 127. The first-order chi connectivity index (χ1) is 15.3. The second kappa shape index (κ2) is 9.81. The normalized spacial score (nSPS) is 14.9. The third kappa shape index (κ3) is 4.59. The molecule has 0 bridgehead atoms. The maximum absolute atomic E-state index is 13.1. The van der Waals surface area contributed by atoms with E-state index < -0.39 is 23.8 Å². The molecule has 1 aliphatic rings. The lowest BCUT2D eigenvalue weighted by Gasteiger charge is -2.26. The minimum absolute atomic E-state index is 0.192. The second-order valence-electron chi connectivity index (χ2n) is 6.46. The smallest absolute Gasteiger partial charge is 0.337 e. The summed E-state index contributed by atoms with van der Waals surface area (Å²) in [5.74, 6) is -1.17. The Labute approximate surface area is 197 Å². The van der Waals surface area contributed by atoms with Crippen LogP contribution in [0.15, 0.2) is 42.0 Å². The zero-order valence-electron chi connectivity index (χ0n) is 17.4. The zero-order valence-corrected chi connectivity index (χ0v) is 19.6. The molecule has 10 heteroatoms. The molecular formula is C22H19IN2O7. The number of amides is 4. The van der Waals surface area contributed by atoms with E-state index in [1.54, 1.807) is 12.1 Å². The van der Waals surface area contributed by atoms with E-state index in [4.69, 9.17) is 9.47 Å². The SMILES string of the molecule is CCOc1c(I)cc(/C=C2\C(=O)NC(=O)N(c3ccc(C(=O)OC)cc3)C2=O)cc1OC. The summed E-state index contributed by atoms with van der Waals surface area (Å²) >= 11 is 2.07. The summed E-state index contributed by atoms with van der Waals surface area (Å²) in [7, 11) is 2.74. The number of carbonyl (C=O) groups excluding carboxylic acids is 4. The van der Waals surface area contributed by atoms with Crippen LogP contribution >= 0.6 is 22.6 Å². The zero-order chi connectivity index (χ0) is 23.4. The Morgan fingerprint density at radius 2 is 1.81 bits per heavy atom. The molecule has 2 aromatic rings. The molecule has 1 saturated heterocycles. The Hall–Kier alpha value is -3.41. The van der Waals surface area contributed by atoms with E-state index in [0.29, 0.717) is 23.7 Å². The molecule has 2 aromatic carbocycles. The number of urea groups is 1. The van der Waals surface area contributed by atoms with Crippen LogP contribution < -0.4 is 19.7 Å². The van der Waals surface area contributed by atoms with Gasteiger partial charge in [-0.05, 0) is 77.6 Å². The van der Waals surface area contributed by atoms with Crippen LogP contribution in [0.3, 0.4) is 0 Å². The van der Waals surface area contributed by atoms with Crippen LogP contribution in [0.2, 0.25) is 0 Å². The maximum atomic E-state index is 13.1. The average Bonchev–Trinajstić information content (AvgIpc) is 2.78. The second-order valence-corrected chi connectivity index (χ2v) is 7.63. The Balaban J connectivity index is 1.99. The van der Waals surface area contributed by atoms with Gasteiger partial charge < -0.3 is 14.2 Å². The Morgan fingerprint density at radius 1 is 1.12 bits per heavy atom. The Bertz CT molecular complexity index is 1130. The summed E-state index contributed by atoms with van der Waals surface area (Å²) in [5.41, 5.74) is 0.730. The van der Waals surface area contributed by atoms with Crippen molar-refractivity contribution >= 4 is 58.2 Å². The number of esters is 1. The fourth-order valence-electron chi connectivity index (χ4n) is 3.03. The lowest BCUT2D eigenvalue weighted by Crippen LogP contribution is -2.54. The molecule has 0 spiro atoms. The van der Waals surface area contributed by atoms with Crippen molar-refractivity contribution in [2.24, 2.45) is 0 Å². The van der Waals surface area contributed by atoms with Crippen molar-refractivity contribution in [3.05, 3.63) is 56.7 Å².